The number of benzene rings is 4. The molecule has 33 heavy (non-hydrogen) atoms. The van der Waals surface area contributed by atoms with E-state index in [1.54, 1.807) is 6.08 Å². The van der Waals surface area contributed by atoms with Crippen molar-refractivity contribution in [1.29, 1.82) is 5.26 Å². The molecule has 1 amide bonds. The van der Waals surface area contributed by atoms with Crippen LogP contribution in [0.1, 0.15) is 27.8 Å². The van der Waals surface area contributed by atoms with Gasteiger partial charge < -0.3 is 5.32 Å². The summed E-state index contributed by atoms with van der Waals surface area (Å²) in [5, 5.41) is 15.4. The van der Waals surface area contributed by atoms with Crippen LogP contribution in [0.2, 0.25) is 5.02 Å². The minimum atomic E-state index is -0.433. The number of hydrogen-bond acceptors (Lipinski definition) is 2. The van der Waals surface area contributed by atoms with Crippen molar-refractivity contribution in [3.8, 4) is 6.07 Å². The van der Waals surface area contributed by atoms with E-state index < -0.39 is 5.91 Å². The van der Waals surface area contributed by atoms with E-state index >= 15 is 0 Å². The number of carbonyl (C=O) groups excluding carboxylic acids is 1. The number of rotatable bonds is 5. The van der Waals surface area contributed by atoms with Crippen molar-refractivity contribution in [3.63, 3.8) is 0 Å². The number of carbonyl (C=O) groups is 1. The summed E-state index contributed by atoms with van der Waals surface area (Å²) in [5.41, 5.74) is 5.76. The molecule has 0 atom stereocenters. The van der Waals surface area contributed by atoms with Gasteiger partial charge in [0.15, 0.2) is 0 Å². The van der Waals surface area contributed by atoms with Crippen molar-refractivity contribution in [2.24, 2.45) is 0 Å². The molecule has 4 rings (SSSR count). The molecule has 0 aliphatic rings. The van der Waals surface area contributed by atoms with Gasteiger partial charge in [0.25, 0.3) is 5.91 Å². The predicted molar refractivity (Wildman–Crippen MR) is 136 cm³/mol. The van der Waals surface area contributed by atoms with Crippen molar-refractivity contribution in [1.82, 2.24) is 0 Å². The molecule has 0 aromatic heterocycles. The van der Waals surface area contributed by atoms with Crippen LogP contribution in [0.3, 0.4) is 0 Å². The highest BCUT2D eigenvalue weighted by Gasteiger charge is 2.14. The minimum Gasteiger partial charge on any atom is -0.321 e. The van der Waals surface area contributed by atoms with Gasteiger partial charge in [0.1, 0.15) is 11.6 Å². The largest absolute Gasteiger partial charge is 0.321 e. The summed E-state index contributed by atoms with van der Waals surface area (Å²) < 4.78 is 0. The number of nitrogens with one attached hydrogen (secondary N) is 1. The standard InChI is InChI=1S/C29H23ClN2O/c1-19-11-14-25(15-20(19)2)32-29(33)24(18-31)17-27-22(16-23-8-4-6-10-28(23)30)13-12-21-7-3-5-9-26(21)27/h3-15,17H,16H2,1-2H3,(H,32,33)/b24-17+. The van der Waals surface area contributed by atoms with Gasteiger partial charge in [-0.3, -0.25) is 4.79 Å². The van der Waals surface area contributed by atoms with E-state index in [1.165, 1.54) is 0 Å². The second-order valence-electron chi connectivity index (χ2n) is 8.05. The highest BCUT2D eigenvalue weighted by molar-refractivity contribution is 6.31. The molecule has 4 heteroatoms. The first-order valence-electron chi connectivity index (χ1n) is 10.7. The van der Waals surface area contributed by atoms with Gasteiger partial charge in [-0.05, 0) is 83.1 Å². The van der Waals surface area contributed by atoms with Crippen LogP contribution >= 0.6 is 11.6 Å². The van der Waals surface area contributed by atoms with Crippen LogP contribution in [0.15, 0.2) is 84.4 Å². The number of nitrogens with zero attached hydrogens (tertiary/aromatic N) is 1. The van der Waals surface area contributed by atoms with Crippen LogP contribution in [0.5, 0.6) is 0 Å². The van der Waals surface area contributed by atoms with Gasteiger partial charge in [0.05, 0.1) is 0 Å². The molecule has 0 aliphatic heterocycles. The van der Waals surface area contributed by atoms with Crippen molar-refractivity contribution in [2.45, 2.75) is 20.3 Å². The number of anilines is 1. The van der Waals surface area contributed by atoms with Gasteiger partial charge >= 0.3 is 0 Å². The van der Waals surface area contributed by atoms with E-state index in [4.69, 9.17) is 11.6 Å². The summed E-state index contributed by atoms with van der Waals surface area (Å²) in [7, 11) is 0. The lowest BCUT2D eigenvalue weighted by Crippen LogP contribution is -2.13. The number of hydrogen-bond donors (Lipinski definition) is 1. The Morgan fingerprint density at radius 3 is 2.45 bits per heavy atom. The molecule has 0 aliphatic carbocycles. The first-order valence-corrected chi connectivity index (χ1v) is 11.1. The lowest BCUT2D eigenvalue weighted by atomic mass is 9.93. The summed E-state index contributed by atoms with van der Waals surface area (Å²) in [6, 6.07) is 27.5. The van der Waals surface area contributed by atoms with Crippen LogP contribution < -0.4 is 5.32 Å². The number of amides is 1. The van der Waals surface area contributed by atoms with Crippen LogP contribution in [0.25, 0.3) is 16.8 Å². The predicted octanol–water partition coefficient (Wildman–Crippen LogP) is 7.25. The van der Waals surface area contributed by atoms with E-state index in [-0.39, 0.29) is 5.57 Å². The second-order valence-corrected chi connectivity index (χ2v) is 8.46. The number of fused-ring (bicyclic) bond motifs is 1. The minimum absolute atomic E-state index is 0.0463. The molecule has 162 valence electrons. The summed E-state index contributed by atoms with van der Waals surface area (Å²) in [5.74, 6) is -0.433. The quantitative estimate of drug-likeness (QED) is 0.257. The maximum absolute atomic E-state index is 13.0. The molecular formula is C29H23ClN2O. The van der Waals surface area contributed by atoms with Crippen molar-refractivity contribution in [2.75, 3.05) is 5.32 Å². The molecule has 1 N–H and O–H groups in total. The smallest absolute Gasteiger partial charge is 0.266 e. The Hall–Kier alpha value is -3.87. The molecule has 0 radical (unpaired) electrons. The lowest BCUT2D eigenvalue weighted by molar-refractivity contribution is -0.112. The van der Waals surface area contributed by atoms with E-state index in [9.17, 15) is 10.1 Å². The molecule has 0 saturated heterocycles. The molecule has 0 spiro atoms. The normalized spacial score (nSPS) is 11.3. The Bertz CT molecular complexity index is 1430. The van der Waals surface area contributed by atoms with E-state index in [2.05, 4.69) is 17.5 Å². The average molecular weight is 451 g/mol. The fourth-order valence-electron chi connectivity index (χ4n) is 3.82. The average Bonchev–Trinajstić information content (AvgIpc) is 2.82. The molecule has 4 aromatic rings. The summed E-state index contributed by atoms with van der Waals surface area (Å²) in [6.45, 7) is 4.01. The Kier molecular flexibility index (Phi) is 6.58. The lowest BCUT2D eigenvalue weighted by Gasteiger charge is -2.13. The van der Waals surface area contributed by atoms with Crippen molar-refractivity contribution < 1.29 is 4.79 Å². The second kappa shape index (κ2) is 9.73. The van der Waals surface area contributed by atoms with Gasteiger partial charge in [-0.25, -0.2) is 0 Å². The summed E-state index contributed by atoms with van der Waals surface area (Å²) in [4.78, 5) is 13.0. The summed E-state index contributed by atoms with van der Waals surface area (Å²) >= 11 is 6.41. The Balaban J connectivity index is 1.77. The van der Waals surface area contributed by atoms with Crippen LogP contribution in [-0.2, 0) is 11.2 Å². The molecule has 0 unspecified atom stereocenters. The van der Waals surface area contributed by atoms with Crippen LogP contribution in [0.4, 0.5) is 5.69 Å². The molecule has 0 fully saturated rings. The van der Waals surface area contributed by atoms with E-state index in [1.807, 2.05) is 86.6 Å². The van der Waals surface area contributed by atoms with E-state index in [0.29, 0.717) is 17.1 Å². The molecule has 0 heterocycles. The van der Waals surface area contributed by atoms with Crippen LogP contribution in [0, 0.1) is 25.2 Å². The Morgan fingerprint density at radius 2 is 1.70 bits per heavy atom. The first-order chi connectivity index (χ1) is 16.0. The Morgan fingerprint density at radius 1 is 0.939 bits per heavy atom. The maximum atomic E-state index is 13.0. The van der Waals surface area contributed by atoms with Gasteiger partial charge in [-0.15, -0.1) is 0 Å². The van der Waals surface area contributed by atoms with Crippen molar-refractivity contribution in [3.05, 3.63) is 117 Å². The fraction of sp³-hybridized carbons (Fsp3) is 0.103. The van der Waals surface area contributed by atoms with Crippen LogP contribution in [-0.4, -0.2) is 5.91 Å². The van der Waals surface area contributed by atoms with E-state index in [0.717, 1.165) is 38.6 Å². The third kappa shape index (κ3) is 4.98. The zero-order chi connectivity index (χ0) is 23.4. The highest BCUT2D eigenvalue weighted by Crippen LogP contribution is 2.29. The number of nitriles is 1. The van der Waals surface area contributed by atoms with Gasteiger partial charge in [-0.1, -0.05) is 72.3 Å². The van der Waals surface area contributed by atoms with Crippen molar-refractivity contribution >= 4 is 40.0 Å². The third-order valence-corrected chi connectivity index (χ3v) is 6.19. The third-order valence-electron chi connectivity index (χ3n) is 5.82. The zero-order valence-electron chi connectivity index (χ0n) is 18.5. The number of aryl methyl sites for hydroxylation is 2. The monoisotopic (exact) mass is 450 g/mol. The van der Waals surface area contributed by atoms with Gasteiger partial charge in [0.2, 0.25) is 0 Å². The first kappa shape index (κ1) is 22.3. The molecular weight excluding hydrogens is 428 g/mol. The highest BCUT2D eigenvalue weighted by atomic mass is 35.5. The fourth-order valence-corrected chi connectivity index (χ4v) is 4.03. The Labute approximate surface area is 198 Å². The SMILES string of the molecule is Cc1ccc(NC(=O)/C(C#N)=C/c2c(Cc3ccccc3Cl)ccc3ccccc23)cc1C. The number of halogens is 1. The molecule has 0 saturated carbocycles. The topological polar surface area (TPSA) is 52.9 Å². The molecule has 0 bridgehead atoms. The van der Waals surface area contributed by atoms with Gasteiger partial charge in [0, 0.05) is 10.7 Å². The summed E-state index contributed by atoms with van der Waals surface area (Å²) in [6.07, 6.45) is 2.28. The van der Waals surface area contributed by atoms with Gasteiger partial charge in [-0.2, -0.15) is 5.26 Å². The maximum Gasteiger partial charge on any atom is 0.266 e. The molecule has 3 nitrogen and oxygen atoms in total. The molecule has 4 aromatic carbocycles. The zero-order valence-corrected chi connectivity index (χ0v) is 19.3.